The molecule has 0 saturated heterocycles. The van der Waals surface area contributed by atoms with Crippen LogP contribution in [0, 0.1) is 16.0 Å². The average Bonchev–Trinajstić information content (AvgIpc) is 2.43. The third-order valence-corrected chi connectivity index (χ3v) is 3.50. The maximum Gasteiger partial charge on any atom is 0.269 e. The summed E-state index contributed by atoms with van der Waals surface area (Å²) in [5.74, 6) is -0.124. The van der Waals surface area contributed by atoms with Crippen molar-refractivity contribution in [2.75, 3.05) is 7.05 Å². The molecule has 1 unspecified atom stereocenters. The molecule has 6 heteroatoms. The van der Waals surface area contributed by atoms with Crippen molar-refractivity contribution in [2.24, 2.45) is 11.7 Å². The van der Waals surface area contributed by atoms with Gasteiger partial charge in [-0.25, -0.2) is 0 Å². The van der Waals surface area contributed by atoms with Gasteiger partial charge in [0.2, 0.25) is 5.91 Å². The van der Waals surface area contributed by atoms with Crippen LogP contribution in [0.3, 0.4) is 0 Å². The van der Waals surface area contributed by atoms with Crippen molar-refractivity contribution in [1.82, 2.24) is 4.90 Å². The lowest BCUT2D eigenvalue weighted by Crippen LogP contribution is -2.45. The van der Waals surface area contributed by atoms with E-state index >= 15 is 0 Å². The molecule has 0 saturated carbocycles. The summed E-state index contributed by atoms with van der Waals surface area (Å²) in [6.45, 7) is 5.59. The molecule has 0 aliphatic carbocycles. The predicted molar refractivity (Wildman–Crippen MR) is 77.1 cm³/mol. The van der Waals surface area contributed by atoms with Crippen LogP contribution in [-0.4, -0.2) is 28.8 Å². The van der Waals surface area contributed by atoms with Crippen molar-refractivity contribution >= 4 is 11.6 Å². The minimum atomic E-state index is -0.568. The minimum absolute atomic E-state index is 0.0170. The molecule has 0 radical (unpaired) electrons. The highest BCUT2D eigenvalue weighted by molar-refractivity contribution is 5.82. The summed E-state index contributed by atoms with van der Waals surface area (Å²) < 4.78 is 0. The molecule has 2 atom stereocenters. The fourth-order valence-electron chi connectivity index (χ4n) is 1.83. The van der Waals surface area contributed by atoms with Crippen LogP contribution in [-0.2, 0) is 4.79 Å². The standard InChI is InChI=1S/C14H21N3O3/c1-9(2)13(15)14(18)16(4)10(3)11-6-5-7-12(8-11)17(19)20/h5-10,13H,15H2,1-4H3/t10?,13-/m0/s1. The monoisotopic (exact) mass is 279 g/mol. The lowest BCUT2D eigenvalue weighted by atomic mass is 10.0. The van der Waals surface area contributed by atoms with E-state index in [1.165, 1.54) is 17.0 Å². The summed E-state index contributed by atoms with van der Waals surface area (Å²) in [5, 5.41) is 10.8. The van der Waals surface area contributed by atoms with Crippen molar-refractivity contribution in [3.05, 3.63) is 39.9 Å². The highest BCUT2D eigenvalue weighted by atomic mass is 16.6. The molecule has 20 heavy (non-hydrogen) atoms. The number of amides is 1. The molecular formula is C14H21N3O3. The SMILES string of the molecule is CC(C)[C@H](N)C(=O)N(C)C(C)c1cccc([N+](=O)[O-])c1. The molecule has 0 aliphatic heterocycles. The van der Waals surface area contributed by atoms with E-state index in [9.17, 15) is 14.9 Å². The van der Waals surface area contributed by atoms with Gasteiger partial charge in [-0.3, -0.25) is 14.9 Å². The van der Waals surface area contributed by atoms with Gasteiger partial charge >= 0.3 is 0 Å². The fraction of sp³-hybridized carbons (Fsp3) is 0.500. The molecule has 0 spiro atoms. The van der Waals surface area contributed by atoms with Crippen LogP contribution in [0.15, 0.2) is 24.3 Å². The van der Waals surface area contributed by atoms with Gasteiger partial charge in [-0.2, -0.15) is 0 Å². The zero-order valence-electron chi connectivity index (χ0n) is 12.2. The molecule has 0 fully saturated rings. The summed E-state index contributed by atoms with van der Waals surface area (Å²) >= 11 is 0. The molecule has 1 amide bonds. The number of non-ortho nitro benzene ring substituents is 1. The Bertz CT molecular complexity index is 502. The number of hydrogen-bond donors (Lipinski definition) is 1. The Morgan fingerprint density at radius 1 is 1.35 bits per heavy atom. The van der Waals surface area contributed by atoms with Gasteiger partial charge in [0.1, 0.15) is 0 Å². The number of nitro groups is 1. The van der Waals surface area contributed by atoms with E-state index in [1.54, 1.807) is 19.2 Å². The van der Waals surface area contributed by atoms with Crippen molar-refractivity contribution in [2.45, 2.75) is 32.9 Å². The third kappa shape index (κ3) is 3.54. The highest BCUT2D eigenvalue weighted by Gasteiger charge is 2.25. The predicted octanol–water partition coefficient (Wildman–Crippen LogP) is 2.10. The molecular weight excluding hydrogens is 258 g/mol. The Morgan fingerprint density at radius 3 is 2.45 bits per heavy atom. The van der Waals surface area contributed by atoms with Gasteiger partial charge in [0, 0.05) is 19.2 Å². The second-order valence-electron chi connectivity index (χ2n) is 5.25. The van der Waals surface area contributed by atoms with Gasteiger partial charge in [0.15, 0.2) is 0 Å². The topological polar surface area (TPSA) is 89.5 Å². The summed E-state index contributed by atoms with van der Waals surface area (Å²) in [7, 11) is 1.66. The number of benzene rings is 1. The first kappa shape index (κ1) is 16.1. The van der Waals surface area contributed by atoms with Gasteiger partial charge in [0.05, 0.1) is 17.0 Å². The van der Waals surface area contributed by atoms with Gasteiger partial charge in [-0.1, -0.05) is 26.0 Å². The van der Waals surface area contributed by atoms with E-state index in [0.29, 0.717) is 5.56 Å². The number of likely N-dealkylation sites (N-methyl/N-ethyl adjacent to an activating group) is 1. The largest absolute Gasteiger partial charge is 0.338 e. The van der Waals surface area contributed by atoms with E-state index in [2.05, 4.69) is 0 Å². The molecule has 0 bridgehead atoms. The van der Waals surface area contributed by atoms with Crippen molar-refractivity contribution in [3.63, 3.8) is 0 Å². The van der Waals surface area contributed by atoms with Crippen molar-refractivity contribution in [3.8, 4) is 0 Å². The number of carbonyl (C=O) groups excluding carboxylic acids is 1. The van der Waals surface area contributed by atoms with Crippen LogP contribution in [0.5, 0.6) is 0 Å². The summed E-state index contributed by atoms with van der Waals surface area (Å²) in [4.78, 5) is 24.1. The maximum absolute atomic E-state index is 12.2. The Morgan fingerprint density at radius 2 is 1.95 bits per heavy atom. The number of nitrogens with two attached hydrogens (primary N) is 1. The van der Waals surface area contributed by atoms with Gasteiger partial charge in [-0.15, -0.1) is 0 Å². The lowest BCUT2D eigenvalue weighted by molar-refractivity contribution is -0.384. The Labute approximate surface area is 118 Å². The zero-order chi connectivity index (χ0) is 15.4. The third-order valence-electron chi connectivity index (χ3n) is 3.50. The van der Waals surface area contributed by atoms with E-state index < -0.39 is 11.0 Å². The lowest BCUT2D eigenvalue weighted by Gasteiger charge is -2.29. The molecule has 6 nitrogen and oxygen atoms in total. The Balaban J connectivity index is 2.94. The Kier molecular flexibility index (Phi) is 5.21. The number of hydrogen-bond acceptors (Lipinski definition) is 4. The van der Waals surface area contributed by atoms with Crippen LogP contribution in [0.25, 0.3) is 0 Å². The van der Waals surface area contributed by atoms with Crippen molar-refractivity contribution < 1.29 is 9.72 Å². The van der Waals surface area contributed by atoms with Crippen LogP contribution >= 0.6 is 0 Å². The van der Waals surface area contributed by atoms with E-state index in [-0.39, 0.29) is 23.6 Å². The second kappa shape index (κ2) is 6.47. The van der Waals surface area contributed by atoms with Crippen LogP contribution in [0.2, 0.25) is 0 Å². The molecule has 2 N–H and O–H groups in total. The number of carbonyl (C=O) groups is 1. The highest BCUT2D eigenvalue weighted by Crippen LogP contribution is 2.23. The second-order valence-corrected chi connectivity index (χ2v) is 5.25. The molecule has 110 valence electrons. The smallest absolute Gasteiger partial charge is 0.269 e. The van der Waals surface area contributed by atoms with Gasteiger partial charge in [-0.05, 0) is 18.4 Å². The molecule has 0 aliphatic rings. The Hall–Kier alpha value is -1.95. The van der Waals surface area contributed by atoms with Crippen LogP contribution in [0.1, 0.15) is 32.4 Å². The normalized spacial score (nSPS) is 13.9. The molecule has 1 rings (SSSR count). The molecule has 0 aromatic heterocycles. The average molecular weight is 279 g/mol. The minimum Gasteiger partial charge on any atom is -0.338 e. The maximum atomic E-state index is 12.2. The first-order valence-corrected chi connectivity index (χ1v) is 6.52. The van der Waals surface area contributed by atoms with E-state index in [1.807, 2.05) is 20.8 Å². The first-order valence-electron chi connectivity index (χ1n) is 6.52. The number of rotatable bonds is 5. The summed E-state index contributed by atoms with van der Waals surface area (Å²) in [6, 6.07) is 5.45. The molecule has 1 aromatic rings. The molecule has 1 aromatic carbocycles. The summed E-state index contributed by atoms with van der Waals surface area (Å²) in [6.07, 6.45) is 0. The molecule has 0 heterocycles. The summed E-state index contributed by atoms with van der Waals surface area (Å²) in [5.41, 5.74) is 6.59. The van der Waals surface area contributed by atoms with Gasteiger partial charge in [0.25, 0.3) is 5.69 Å². The quantitative estimate of drug-likeness (QED) is 0.660. The number of nitro benzene ring substituents is 1. The van der Waals surface area contributed by atoms with E-state index in [0.717, 1.165) is 0 Å². The first-order chi connectivity index (χ1) is 9.25. The van der Waals surface area contributed by atoms with Gasteiger partial charge < -0.3 is 10.6 Å². The van der Waals surface area contributed by atoms with Crippen LogP contribution < -0.4 is 5.73 Å². The van der Waals surface area contributed by atoms with Crippen LogP contribution in [0.4, 0.5) is 5.69 Å². The number of nitrogens with zero attached hydrogens (tertiary/aromatic N) is 2. The van der Waals surface area contributed by atoms with Crippen molar-refractivity contribution in [1.29, 1.82) is 0 Å². The zero-order valence-corrected chi connectivity index (χ0v) is 12.2. The fourth-order valence-corrected chi connectivity index (χ4v) is 1.83. The van der Waals surface area contributed by atoms with E-state index in [4.69, 9.17) is 5.73 Å².